The summed E-state index contributed by atoms with van der Waals surface area (Å²) in [6, 6.07) is 0.471. The van der Waals surface area contributed by atoms with E-state index in [0.29, 0.717) is 12.0 Å². The molecule has 0 aromatic heterocycles. The highest BCUT2D eigenvalue weighted by atomic mass is 16.5. The molecular formula is C10H18N2O2. The van der Waals surface area contributed by atoms with E-state index in [0.717, 1.165) is 32.5 Å². The fraction of sp³-hybridized carbons (Fsp3) is 0.900. The first kappa shape index (κ1) is 9.93. The van der Waals surface area contributed by atoms with Crippen molar-refractivity contribution in [3.8, 4) is 0 Å². The molecule has 2 unspecified atom stereocenters. The Morgan fingerprint density at radius 2 is 2.43 bits per heavy atom. The van der Waals surface area contributed by atoms with Crippen molar-refractivity contribution >= 4 is 5.91 Å². The number of nitrogens with zero attached hydrogens (tertiary/aromatic N) is 1. The second-order valence-corrected chi connectivity index (χ2v) is 4.13. The minimum atomic E-state index is 0.155. The summed E-state index contributed by atoms with van der Waals surface area (Å²) in [7, 11) is 1.58. The Balaban J connectivity index is 1.96. The molecule has 4 nitrogen and oxygen atoms in total. The van der Waals surface area contributed by atoms with Crippen molar-refractivity contribution in [2.45, 2.75) is 18.9 Å². The van der Waals surface area contributed by atoms with Crippen molar-refractivity contribution in [2.24, 2.45) is 5.92 Å². The van der Waals surface area contributed by atoms with Crippen molar-refractivity contribution in [1.29, 1.82) is 0 Å². The van der Waals surface area contributed by atoms with Crippen LogP contribution in [0.5, 0.6) is 0 Å². The molecule has 0 aliphatic carbocycles. The molecule has 4 heteroatoms. The zero-order valence-electron chi connectivity index (χ0n) is 8.66. The van der Waals surface area contributed by atoms with E-state index in [-0.39, 0.29) is 12.5 Å². The van der Waals surface area contributed by atoms with Crippen molar-refractivity contribution in [3.05, 3.63) is 0 Å². The number of rotatable bonds is 2. The van der Waals surface area contributed by atoms with Gasteiger partial charge in [0.05, 0.1) is 0 Å². The number of amides is 1. The van der Waals surface area contributed by atoms with Crippen LogP contribution >= 0.6 is 0 Å². The summed E-state index contributed by atoms with van der Waals surface area (Å²) < 4.78 is 4.89. The zero-order chi connectivity index (χ0) is 9.97. The van der Waals surface area contributed by atoms with Crippen molar-refractivity contribution in [3.63, 3.8) is 0 Å². The van der Waals surface area contributed by atoms with Crippen molar-refractivity contribution in [1.82, 2.24) is 10.2 Å². The van der Waals surface area contributed by atoms with E-state index in [1.807, 2.05) is 4.90 Å². The monoisotopic (exact) mass is 198 g/mol. The predicted molar refractivity (Wildman–Crippen MR) is 53.0 cm³/mol. The number of hydrogen-bond acceptors (Lipinski definition) is 3. The van der Waals surface area contributed by atoms with Gasteiger partial charge in [0.1, 0.15) is 6.61 Å². The van der Waals surface area contributed by atoms with E-state index in [1.54, 1.807) is 7.11 Å². The van der Waals surface area contributed by atoms with Crippen LogP contribution < -0.4 is 5.32 Å². The van der Waals surface area contributed by atoms with Gasteiger partial charge >= 0.3 is 0 Å². The fourth-order valence-corrected chi connectivity index (χ4v) is 2.60. The molecule has 0 saturated carbocycles. The summed E-state index contributed by atoms with van der Waals surface area (Å²) in [5, 5.41) is 3.38. The lowest BCUT2D eigenvalue weighted by molar-refractivity contribution is -0.136. The van der Waals surface area contributed by atoms with Gasteiger partial charge in [-0.05, 0) is 31.8 Å². The molecule has 0 spiro atoms. The molecule has 2 saturated heterocycles. The van der Waals surface area contributed by atoms with Gasteiger partial charge in [-0.3, -0.25) is 4.79 Å². The Morgan fingerprint density at radius 1 is 1.57 bits per heavy atom. The molecule has 1 amide bonds. The van der Waals surface area contributed by atoms with Gasteiger partial charge in [-0.15, -0.1) is 0 Å². The zero-order valence-corrected chi connectivity index (χ0v) is 8.66. The van der Waals surface area contributed by atoms with E-state index < -0.39 is 0 Å². The Labute approximate surface area is 84.6 Å². The number of fused-ring (bicyclic) bond motifs is 1. The molecule has 2 aliphatic rings. The maximum atomic E-state index is 11.7. The number of carbonyl (C=O) groups is 1. The van der Waals surface area contributed by atoms with E-state index in [1.165, 1.54) is 0 Å². The molecule has 2 aliphatic heterocycles. The lowest BCUT2D eigenvalue weighted by atomic mass is 9.94. The summed E-state index contributed by atoms with van der Waals surface area (Å²) in [6.07, 6.45) is 2.24. The first-order valence-electron chi connectivity index (χ1n) is 5.32. The number of ether oxygens (including phenoxy) is 1. The maximum Gasteiger partial charge on any atom is 0.248 e. The lowest BCUT2D eigenvalue weighted by Crippen LogP contribution is -2.46. The molecule has 0 bridgehead atoms. The first-order valence-corrected chi connectivity index (χ1v) is 5.32. The third-order valence-electron chi connectivity index (χ3n) is 3.30. The van der Waals surface area contributed by atoms with Gasteiger partial charge in [-0.25, -0.2) is 0 Å². The smallest absolute Gasteiger partial charge is 0.248 e. The number of carbonyl (C=O) groups excluding carboxylic acids is 1. The first-order chi connectivity index (χ1) is 6.83. The van der Waals surface area contributed by atoms with Gasteiger partial charge in [0.25, 0.3) is 0 Å². The van der Waals surface area contributed by atoms with Crippen molar-refractivity contribution < 1.29 is 9.53 Å². The molecule has 0 aromatic rings. The largest absolute Gasteiger partial charge is 0.375 e. The third-order valence-corrected chi connectivity index (χ3v) is 3.30. The molecule has 2 atom stereocenters. The molecule has 2 heterocycles. The van der Waals surface area contributed by atoms with Crippen LogP contribution in [0.1, 0.15) is 12.8 Å². The molecule has 2 rings (SSSR count). The quantitative estimate of drug-likeness (QED) is 0.670. The van der Waals surface area contributed by atoms with Crippen LogP contribution in [0.2, 0.25) is 0 Å². The molecule has 1 N–H and O–H groups in total. The Morgan fingerprint density at radius 3 is 3.21 bits per heavy atom. The summed E-state index contributed by atoms with van der Waals surface area (Å²) in [5.74, 6) is 0.825. The van der Waals surface area contributed by atoms with E-state index in [4.69, 9.17) is 4.74 Å². The molecule has 0 radical (unpaired) electrons. The summed E-state index contributed by atoms with van der Waals surface area (Å²) in [6.45, 7) is 3.26. The van der Waals surface area contributed by atoms with Crippen LogP contribution in [0.25, 0.3) is 0 Å². The topological polar surface area (TPSA) is 41.6 Å². The third kappa shape index (κ3) is 1.77. The van der Waals surface area contributed by atoms with Crippen LogP contribution in [-0.2, 0) is 9.53 Å². The average molecular weight is 198 g/mol. The van der Waals surface area contributed by atoms with Crippen molar-refractivity contribution in [2.75, 3.05) is 33.4 Å². The molecule has 14 heavy (non-hydrogen) atoms. The summed E-state index contributed by atoms with van der Waals surface area (Å²) >= 11 is 0. The number of methoxy groups -OCH3 is 1. The van der Waals surface area contributed by atoms with E-state index in [2.05, 4.69) is 5.32 Å². The number of piperidine rings is 1. The molecular weight excluding hydrogens is 180 g/mol. The Hall–Kier alpha value is -0.610. The predicted octanol–water partition coefficient (Wildman–Crippen LogP) is -0.157. The SMILES string of the molecule is COCC(=O)N1CCC2CNCCC21. The minimum Gasteiger partial charge on any atom is -0.375 e. The van der Waals surface area contributed by atoms with Gasteiger partial charge in [0.2, 0.25) is 5.91 Å². The average Bonchev–Trinajstić information content (AvgIpc) is 2.61. The number of hydrogen-bond donors (Lipinski definition) is 1. The second-order valence-electron chi connectivity index (χ2n) is 4.13. The molecule has 80 valence electrons. The highest BCUT2D eigenvalue weighted by molar-refractivity contribution is 5.78. The van der Waals surface area contributed by atoms with E-state index >= 15 is 0 Å². The van der Waals surface area contributed by atoms with Gasteiger partial charge in [0.15, 0.2) is 0 Å². The number of likely N-dealkylation sites (tertiary alicyclic amines) is 1. The molecule has 2 fully saturated rings. The minimum absolute atomic E-state index is 0.155. The number of nitrogens with one attached hydrogen (secondary N) is 1. The maximum absolute atomic E-state index is 11.7. The van der Waals surface area contributed by atoms with Crippen LogP contribution in [0.3, 0.4) is 0 Å². The van der Waals surface area contributed by atoms with Crippen LogP contribution in [0.4, 0.5) is 0 Å². The summed E-state index contributed by atoms with van der Waals surface area (Å²) in [4.78, 5) is 13.7. The lowest BCUT2D eigenvalue weighted by Gasteiger charge is -2.32. The van der Waals surface area contributed by atoms with Gasteiger partial charge in [0, 0.05) is 19.7 Å². The van der Waals surface area contributed by atoms with E-state index in [9.17, 15) is 4.79 Å². The second kappa shape index (κ2) is 4.28. The van der Waals surface area contributed by atoms with Gasteiger partial charge < -0.3 is 15.0 Å². The highest BCUT2D eigenvalue weighted by Crippen LogP contribution is 2.28. The van der Waals surface area contributed by atoms with Gasteiger partial charge in [-0.2, -0.15) is 0 Å². The highest BCUT2D eigenvalue weighted by Gasteiger charge is 2.37. The fourth-order valence-electron chi connectivity index (χ4n) is 2.60. The molecule has 0 aromatic carbocycles. The van der Waals surface area contributed by atoms with Crippen LogP contribution in [-0.4, -0.2) is 50.2 Å². The van der Waals surface area contributed by atoms with Gasteiger partial charge in [-0.1, -0.05) is 0 Å². The standard InChI is InChI=1S/C10H18N2O2/c1-14-7-10(13)12-5-3-8-6-11-4-2-9(8)12/h8-9,11H,2-7H2,1H3. The Bertz CT molecular complexity index is 220. The van der Waals surface area contributed by atoms with Crippen LogP contribution in [0, 0.1) is 5.92 Å². The normalized spacial score (nSPS) is 31.6. The van der Waals surface area contributed by atoms with Crippen LogP contribution in [0.15, 0.2) is 0 Å². The Kier molecular flexibility index (Phi) is 3.03. The summed E-state index contributed by atoms with van der Waals surface area (Å²) in [5.41, 5.74) is 0.